The summed E-state index contributed by atoms with van der Waals surface area (Å²) < 4.78 is 57.0. The van der Waals surface area contributed by atoms with Crippen LogP contribution in [0.5, 0.6) is 0 Å². The first-order chi connectivity index (χ1) is 12.3. The fraction of sp³-hybridized carbons (Fsp3) is 0.533. The summed E-state index contributed by atoms with van der Waals surface area (Å²) in [5, 5.41) is 0. The zero-order valence-corrected chi connectivity index (χ0v) is 17.0. The predicted molar refractivity (Wildman–Crippen MR) is 102 cm³/mol. The number of amides is 1. The number of anilines is 1. The van der Waals surface area contributed by atoms with E-state index in [0.29, 0.717) is 19.8 Å². The first-order valence-electron chi connectivity index (χ1n) is 8.25. The van der Waals surface area contributed by atoms with Crippen LogP contribution in [0.3, 0.4) is 0 Å². The average molecular weight is 440 g/mol. The molecule has 0 aliphatic carbocycles. The van der Waals surface area contributed by atoms with E-state index in [1.165, 1.54) is 24.3 Å². The van der Waals surface area contributed by atoms with Gasteiger partial charge in [0.05, 0.1) is 29.5 Å². The molecule has 27 heavy (non-hydrogen) atoms. The molecule has 152 valence electrons. The molecule has 9 nitrogen and oxygen atoms in total. The molecule has 3 rings (SSSR count). The molecular formula is C15H22ClN3O6S2. The van der Waals surface area contributed by atoms with Crippen LogP contribution < -0.4 is 9.03 Å². The molecule has 0 atom stereocenters. The summed E-state index contributed by atoms with van der Waals surface area (Å²) in [6, 6.07) is 5.26. The molecule has 0 saturated carbocycles. The number of carbonyl (C=O) groups is 1. The maximum absolute atomic E-state index is 12.3. The van der Waals surface area contributed by atoms with Crippen LogP contribution in [-0.4, -0.2) is 72.8 Å². The van der Waals surface area contributed by atoms with Crippen LogP contribution in [-0.2, 0) is 29.6 Å². The van der Waals surface area contributed by atoms with Gasteiger partial charge < -0.3 is 4.74 Å². The number of carbonyl (C=O) groups excluding carboxylic acids is 1. The zero-order valence-electron chi connectivity index (χ0n) is 14.5. The highest BCUT2D eigenvalue weighted by Crippen LogP contribution is 2.26. The van der Waals surface area contributed by atoms with Crippen LogP contribution in [0.4, 0.5) is 5.69 Å². The monoisotopic (exact) mass is 439 g/mol. The number of nitrogens with zero attached hydrogens (tertiary/aromatic N) is 2. The maximum Gasteiger partial charge on any atom is 0.242 e. The molecule has 12 heteroatoms. The van der Waals surface area contributed by atoms with Gasteiger partial charge in [-0.15, -0.1) is 12.4 Å². The summed E-state index contributed by atoms with van der Waals surface area (Å²) >= 11 is 0. The fourth-order valence-corrected chi connectivity index (χ4v) is 5.36. The highest BCUT2D eigenvalue weighted by atomic mass is 35.5. The molecule has 0 spiro atoms. The lowest BCUT2D eigenvalue weighted by Crippen LogP contribution is -2.41. The number of rotatable bonds is 6. The number of benzene rings is 1. The molecular weight excluding hydrogens is 418 g/mol. The summed E-state index contributed by atoms with van der Waals surface area (Å²) in [7, 11) is -7.37. The van der Waals surface area contributed by atoms with Gasteiger partial charge in [-0.05, 0) is 24.3 Å². The number of halogens is 1. The summed E-state index contributed by atoms with van der Waals surface area (Å²) in [6.07, 6.45) is -0.0640. The quantitative estimate of drug-likeness (QED) is 0.652. The van der Waals surface area contributed by atoms with Gasteiger partial charge in [0.1, 0.15) is 0 Å². The second kappa shape index (κ2) is 8.84. The normalized spacial score (nSPS) is 20.4. The third-order valence-corrected chi connectivity index (χ3v) is 7.45. The van der Waals surface area contributed by atoms with Gasteiger partial charge in [0.15, 0.2) is 0 Å². The largest absolute Gasteiger partial charge is 0.379 e. The molecule has 2 aliphatic heterocycles. The highest BCUT2D eigenvalue weighted by molar-refractivity contribution is 7.94. The number of ether oxygens (including phenoxy) is 1. The summed E-state index contributed by atoms with van der Waals surface area (Å²) in [4.78, 5) is 13.9. The Morgan fingerprint density at radius 3 is 2.30 bits per heavy atom. The molecule has 2 fully saturated rings. The minimum atomic E-state index is -3.70. The van der Waals surface area contributed by atoms with Crippen LogP contribution in [0.25, 0.3) is 0 Å². The molecule has 1 aromatic rings. The van der Waals surface area contributed by atoms with Gasteiger partial charge in [-0.2, -0.15) is 0 Å². The van der Waals surface area contributed by atoms with E-state index in [-0.39, 0.29) is 41.7 Å². The number of hydrogen-bond acceptors (Lipinski definition) is 7. The Bertz CT molecular complexity index is 867. The second-order valence-electron chi connectivity index (χ2n) is 6.07. The molecule has 0 bridgehead atoms. The molecule has 0 radical (unpaired) electrons. The van der Waals surface area contributed by atoms with E-state index in [1.807, 2.05) is 0 Å². The number of nitrogens with one attached hydrogen (secondary N) is 1. The Morgan fingerprint density at radius 2 is 1.74 bits per heavy atom. The van der Waals surface area contributed by atoms with Crippen LogP contribution in [0, 0.1) is 0 Å². The topological polar surface area (TPSA) is 113 Å². The molecule has 2 aliphatic rings. The first kappa shape index (κ1) is 22.1. The molecule has 2 heterocycles. The number of sulfonamides is 2. The van der Waals surface area contributed by atoms with E-state index in [9.17, 15) is 21.6 Å². The lowest BCUT2D eigenvalue weighted by atomic mass is 10.3. The second-order valence-corrected chi connectivity index (χ2v) is 9.77. The molecule has 1 N–H and O–H groups in total. The van der Waals surface area contributed by atoms with Crippen molar-refractivity contribution in [3.63, 3.8) is 0 Å². The molecule has 2 saturated heterocycles. The lowest BCUT2D eigenvalue weighted by Gasteiger charge is -2.26. The van der Waals surface area contributed by atoms with E-state index >= 15 is 0 Å². The van der Waals surface area contributed by atoms with Crippen molar-refractivity contribution < 1.29 is 26.4 Å². The molecule has 1 amide bonds. The van der Waals surface area contributed by atoms with Gasteiger partial charge in [0, 0.05) is 32.6 Å². The van der Waals surface area contributed by atoms with Gasteiger partial charge in [0.25, 0.3) is 0 Å². The van der Waals surface area contributed by atoms with Gasteiger partial charge in [-0.25, -0.2) is 25.9 Å². The van der Waals surface area contributed by atoms with E-state index in [1.54, 1.807) is 0 Å². The SMILES string of the molecule is Cl.O=C1CCS(=O)(=O)N1c1ccc(S(=O)(=O)NCCN2CCOCC2)cc1. The van der Waals surface area contributed by atoms with Crippen molar-refractivity contribution in [3.05, 3.63) is 24.3 Å². The van der Waals surface area contributed by atoms with Crippen LogP contribution in [0.15, 0.2) is 29.2 Å². The highest BCUT2D eigenvalue weighted by Gasteiger charge is 2.36. The maximum atomic E-state index is 12.3. The smallest absolute Gasteiger partial charge is 0.242 e. The van der Waals surface area contributed by atoms with Gasteiger partial charge >= 0.3 is 0 Å². The Hall–Kier alpha value is -1.24. The van der Waals surface area contributed by atoms with Gasteiger partial charge in [0.2, 0.25) is 26.0 Å². The lowest BCUT2D eigenvalue weighted by molar-refractivity contribution is -0.116. The summed E-state index contributed by atoms with van der Waals surface area (Å²) in [6.45, 7) is 3.69. The summed E-state index contributed by atoms with van der Waals surface area (Å²) in [5.74, 6) is -0.737. The zero-order chi connectivity index (χ0) is 18.8. The van der Waals surface area contributed by atoms with Crippen molar-refractivity contribution in [2.24, 2.45) is 0 Å². The number of hydrogen-bond donors (Lipinski definition) is 1. The van der Waals surface area contributed by atoms with E-state index in [0.717, 1.165) is 17.4 Å². The van der Waals surface area contributed by atoms with Crippen molar-refractivity contribution >= 4 is 44.0 Å². The summed E-state index contributed by atoms with van der Waals surface area (Å²) in [5.41, 5.74) is 0.153. The van der Waals surface area contributed by atoms with Crippen molar-refractivity contribution in [1.29, 1.82) is 0 Å². The van der Waals surface area contributed by atoms with Crippen molar-refractivity contribution in [1.82, 2.24) is 9.62 Å². The Balaban J connectivity index is 0.00000261. The average Bonchev–Trinajstić information content (AvgIpc) is 2.89. The van der Waals surface area contributed by atoms with Gasteiger partial charge in [-0.1, -0.05) is 0 Å². The molecule has 0 unspecified atom stereocenters. The first-order valence-corrected chi connectivity index (χ1v) is 11.3. The van der Waals surface area contributed by atoms with E-state index < -0.39 is 26.0 Å². The Labute approximate surface area is 165 Å². The van der Waals surface area contributed by atoms with E-state index in [4.69, 9.17) is 4.74 Å². The van der Waals surface area contributed by atoms with Crippen molar-refractivity contribution in [2.75, 3.05) is 49.5 Å². The van der Waals surface area contributed by atoms with Crippen molar-refractivity contribution in [3.8, 4) is 0 Å². The third kappa shape index (κ3) is 5.18. The minimum Gasteiger partial charge on any atom is -0.379 e. The van der Waals surface area contributed by atoms with Crippen molar-refractivity contribution in [2.45, 2.75) is 11.3 Å². The van der Waals surface area contributed by atoms with Gasteiger partial charge in [-0.3, -0.25) is 9.69 Å². The Kier molecular flexibility index (Phi) is 7.22. The predicted octanol–water partition coefficient (Wildman–Crippen LogP) is -0.215. The van der Waals surface area contributed by atoms with Crippen LogP contribution in [0.2, 0.25) is 0 Å². The molecule has 1 aromatic carbocycles. The third-order valence-electron chi connectivity index (χ3n) is 4.28. The van der Waals surface area contributed by atoms with Crippen LogP contribution >= 0.6 is 12.4 Å². The standard InChI is InChI=1S/C15H21N3O6S2.ClH/c19-15-5-12-25(20,21)18(15)13-1-3-14(4-2-13)26(22,23)16-6-7-17-8-10-24-11-9-17;/h1-4,16H,5-12H2;1H. The number of morpholine rings is 1. The van der Waals surface area contributed by atoms with E-state index in [2.05, 4.69) is 9.62 Å². The minimum absolute atomic E-state index is 0. The fourth-order valence-electron chi connectivity index (χ4n) is 2.88. The molecule has 0 aromatic heterocycles. The Morgan fingerprint density at radius 1 is 1.11 bits per heavy atom. The van der Waals surface area contributed by atoms with Crippen LogP contribution in [0.1, 0.15) is 6.42 Å².